The number of hydrogen-bond donors (Lipinski definition) is 5. The van der Waals surface area contributed by atoms with Crippen LogP contribution < -0.4 is 17.2 Å². The molecule has 96 valence electrons. The van der Waals surface area contributed by atoms with Gasteiger partial charge in [-0.1, -0.05) is 6.92 Å². The summed E-state index contributed by atoms with van der Waals surface area (Å²) in [6.45, 7) is 2.24. The van der Waals surface area contributed by atoms with Gasteiger partial charge in [-0.2, -0.15) is 0 Å². The fourth-order valence-electron chi connectivity index (χ4n) is 0.636. The highest BCUT2D eigenvalue weighted by Gasteiger charge is 2.08. The van der Waals surface area contributed by atoms with Crippen molar-refractivity contribution in [2.45, 2.75) is 38.3 Å². The van der Waals surface area contributed by atoms with Crippen molar-refractivity contribution in [1.29, 1.82) is 0 Å². The molecule has 7 nitrogen and oxygen atoms in total. The Morgan fingerprint density at radius 3 is 1.75 bits per heavy atom. The zero-order chi connectivity index (χ0) is 13.1. The maximum Gasteiger partial charge on any atom is 0.320 e. The quantitative estimate of drug-likeness (QED) is 0.393. The van der Waals surface area contributed by atoms with E-state index in [-0.39, 0.29) is 0 Å². The van der Waals surface area contributed by atoms with Crippen LogP contribution in [0.1, 0.15) is 26.2 Å². The van der Waals surface area contributed by atoms with Gasteiger partial charge in [0, 0.05) is 0 Å². The standard InChI is InChI=1S/C5H12N2O2.C4H9NO2/c6-3-1-2-4(7)5(8)9;1-2-3(5)4(6)7/h4H,1-3,6-7H2,(H,8,9);3H,2,5H2,1H3,(H,6,7)/t4-;/m0./s1. The van der Waals surface area contributed by atoms with Gasteiger partial charge >= 0.3 is 11.9 Å². The largest absolute Gasteiger partial charge is 0.480 e. The first-order valence-electron chi connectivity index (χ1n) is 5.03. The zero-order valence-corrected chi connectivity index (χ0v) is 9.43. The fraction of sp³-hybridized carbons (Fsp3) is 0.778. The summed E-state index contributed by atoms with van der Waals surface area (Å²) in [6.07, 6.45) is 1.63. The molecule has 0 aliphatic carbocycles. The smallest absolute Gasteiger partial charge is 0.320 e. The van der Waals surface area contributed by atoms with Crippen molar-refractivity contribution in [3.05, 3.63) is 0 Å². The molecule has 0 amide bonds. The van der Waals surface area contributed by atoms with Gasteiger partial charge in [0.15, 0.2) is 0 Å². The Morgan fingerprint density at radius 1 is 1.12 bits per heavy atom. The number of rotatable bonds is 6. The van der Waals surface area contributed by atoms with E-state index in [9.17, 15) is 9.59 Å². The van der Waals surface area contributed by atoms with Crippen molar-refractivity contribution in [2.24, 2.45) is 17.2 Å². The van der Waals surface area contributed by atoms with Gasteiger partial charge in [0.25, 0.3) is 0 Å². The monoisotopic (exact) mass is 235 g/mol. The zero-order valence-electron chi connectivity index (χ0n) is 9.43. The van der Waals surface area contributed by atoms with E-state index >= 15 is 0 Å². The average molecular weight is 235 g/mol. The van der Waals surface area contributed by atoms with Gasteiger partial charge in [-0.05, 0) is 25.8 Å². The molecule has 1 unspecified atom stereocenters. The first-order valence-corrected chi connectivity index (χ1v) is 5.03. The lowest BCUT2D eigenvalue weighted by molar-refractivity contribution is -0.139. The molecule has 0 spiro atoms. The molecule has 0 aromatic heterocycles. The summed E-state index contributed by atoms with van der Waals surface area (Å²) in [5.74, 6) is -1.88. The minimum Gasteiger partial charge on any atom is -0.480 e. The SMILES string of the molecule is CCC(N)C(=O)O.NCCC[C@H](N)C(=O)O. The first-order chi connectivity index (χ1) is 7.36. The summed E-state index contributed by atoms with van der Waals surface area (Å²) in [6, 6.07) is -1.42. The highest BCUT2D eigenvalue weighted by Crippen LogP contribution is 1.91. The van der Waals surface area contributed by atoms with Crippen LogP contribution in [0, 0.1) is 0 Å². The lowest BCUT2D eigenvalue weighted by Crippen LogP contribution is -2.30. The van der Waals surface area contributed by atoms with Crippen LogP contribution in [0.25, 0.3) is 0 Å². The highest BCUT2D eigenvalue weighted by atomic mass is 16.4. The van der Waals surface area contributed by atoms with Crippen molar-refractivity contribution in [1.82, 2.24) is 0 Å². The lowest BCUT2D eigenvalue weighted by atomic mass is 10.2. The lowest BCUT2D eigenvalue weighted by Gasteiger charge is -2.02. The molecule has 0 bridgehead atoms. The molecular formula is C9H21N3O4. The second kappa shape index (κ2) is 10.3. The fourth-order valence-corrected chi connectivity index (χ4v) is 0.636. The van der Waals surface area contributed by atoms with Crippen LogP contribution in [0.4, 0.5) is 0 Å². The molecule has 8 N–H and O–H groups in total. The summed E-state index contributed by atoms with van der Waals surface area (Å²) in [5.41, 5.74) is 15.3. The molecular weight excluding hydrogens is 214 g/mol. The third-order valence-corrected chi connectivity index (χ3v) is 1.79. The Morgan fingerprint density at radius 2 is 1.56 bits per heavy atom. The Bertz CT molecular complexity index is 211. The van der Waals surface area contributed by atoms with Crippen LogP contribution in [-0.2, 0) is 9.59 Å². The maximum atomic E-state index is 10.0. The number of carboxylic acids is 2. The van der Waals surface area contributed by atoms with Crippen LogP contribution in [0.5, 0.6) is 0 Å². The summed E-state index contributed by atoms with van der Waals surface area (Å²) < 4.78 is 0. The molecule has 0 radical (unpaired) electrons. The van der Waals surface area contributed by atoms with E-state index in [1.54, 1.807) is 6.92 Å². The maximum absolute atomic E-state index is 10.0. The minimum absolute atomic E-state index is 0.464. The van der Waals surface area contributed by atoms with Gasteiger partial charge in [0.1, 0.15) is 12.1 Å². The van der Waals surface area contributed by atoms with Gasteiger partial charge < -0.3 is 27.4 Å². The minimum atomic E-state index is -0.955. The normalized spacial score (nSPS) is 13.2. The third kappa shape index (κ3) is 10.9. The molecule has 0 aromatic carbocycles. The third-order valence-electron chi connectivity index (χ3n) is 1.79. The Labute approximate surface area is 94.6 Å². The molecule has 0 aliphatic heterocycles. The second-order valence-electron chi connectivity index (χ2n) is 3.23. The molecule has 0 rings (SSSR count). The molecule has 0 aromatic rings. The van der Waals surface area contributed by atoms with Gasteiger partial charge in [-0.25, -0.2) is 0 Å². The van der Waals surface area contributed by atoms with E-state index in [0.29, 0.717) is 25.8 Å². The summed E-state index contributed by atoms with van der Waals surface area (Å²) in [5, 5.41) is 16.3. The van der Waals surface area contributed by atoms with Crippen molar-refractivity contribution in [3.8, 4) is 0 Å². The van der Waals surface area contributed by atoms with E-state index in [2.05, 4.69) is 0 Å². The van der Waals surface area contributed by atoms with Crippen LogP contribution in [0.3, 0.4) is 0 Å². The molecule has 0 saturated heterocycles. The van der Waals surface area contributed by atoms with Gasteiger partial charge in [-0.3, -0.25) is 9.59 Å². The highest BCUT2D eigenvalue weighted by molar-refractivity contribution is 5.73. The van der Waals surface area contributed by atoms with Gasteiger partial charge in [0.05, 0.1) is 0 Å². The molecule has 0 heterocycles. The van der Waals surface area contributed by atoms with Crippen molar-refractivity contribution in [2.75, 3.05) is 6.54 Å². The predicted octanol–water partition coefficient (Wildman–Crippen LogP) is -1.05. The number of aliphatic carboxylic acids is 2. The summed E-state index contributed by atoms with van der Waals surface area (Å²) in [4.78, 5) is 19.8. The van der Waals surface area contributed by atoms with E-state index < -0.39 is 24.0 Å². The molecule has 0 saturated carbocycles. The Balaban J connectivity index is 0. The van der Waals surface area contributed by atoms with Crippen molar-refractivity contribution >= 4 is 11.9 Å². The van der Waals surface area contributed by atoms with Crippen LogP contribution in [0.15, 0.2) is 0 Å². The van der Waals surface area contributed by atoms with E-state index in [4.69, 9.17) is 27.4 Å². The van der Waals surface area contributed by atoms with Gasteiger partial charge in [-0.15, -0.1) is 0 Å². The molecule has 0 aliphatic rings. The number of carbonyl (C=O) groups is 2. The molecule has 2 atom stereocenters. The van der Waals surface area contributed by atoms with Crippen molar-refractivity contribution in [3.63, 3.8) is 0 Å². The molecule has 7 heteroatoms. The Hall–Kier alpha value is -1.18. The van der Waals surface area contributed by atoms with E-state index in [0.717, 1.165) is 0 Å². The Kier molecular flexibility index (Phi) is 11.1. The number of nitrogens with two attached hydrogens (primary N) is 3. The number of carboxylic acid groups (broad SMARTS) is 2. The first kappa shape index (κ1) is 17.2. The van der Waals surface area contributed by atoms with E-state index in [1.807, 2.05) is 0 Å². The van der Waals surface area contributed by atoms with E-state index in [1.165, 1.54) is 0 Å². The molecule has 0 fully saturated rings. The van der Waals surface area contributed by atoms with Gasteiger partial charge in [0.2, 0.25) is 0 Å². The molecule has 16 heavy (non-hydrogen) atoms. The average Bonchev–Trinajstić information content (AvgIpc) is 2.25. The second-order valence-corrected chi connectivity index (χ2v) is 3.23. The summed E-state index contributed by atoms with van der Waals surface area (Å²) >= 11 is 0. The van der Waals surface area contributed by atoms with Crippen LogP contribution >= 0.6 is 0 Å². The summed E-state index contributed by atoms with van der Waals surface area (Å²) in [7, 11) is 0. The van der Waals surface area contributed by atoms with Crippen LogP contribution in [-0.4, -0.2) is 40.8 Å². The van der Waals surface area contributed by atoms with Crippen molar-refractivity contribution < 1.29 is 19.8 Å². The topological polar surface area (TPSA) is 153 Å². The number of hydrogen-bond acceptors (Lipinski definition) is 5. The van der Waals surface area contributed by atoms with Crippen LogP contribution in [0.2, 0.25) is 0 Å². The predicted molar refractivity (Wildman–Crippen MR) is 59.8 cm³/mol.